The van der Waals surface area contributed by atoms with Crippen LogP contribution in [0.15, 0.2) is 0 Å². The summed E-state index contributed by atoms with van der Waals surface area (Å²) in [6, 6.07) is 0. The maximum absolute atomic E-state index is 11.8. The minimum absolute atomic E-state index is 0. The lowest BCUT2D eigenvalue weighted by atomic mass is 10.0. The largest absolute Gasteiger partial charge is 0.379 e. The summed E-state index contributed by atoms with van der Waals surface area (Å²) < 4.78 is 10.7. The van der Waals surface area contributed by atoms with Crippen LogP contribution in [0.1, 0.15) is 13.3 Å². The van der Waals surface area contributed by atoms with Gasteiger partial charge in [0.25, 0.3) is 5.91 Å². The number of amides is 1. The van der Waals surface area contributed by atoms with Gasteiger partial charge in [0.15, 0.2) is 0 Å². The Hall–Kier alpha value is -0.360. The predicted molar refractivity (Wildman–Crippen MR) is 61.8 cm³/mol. The molecule has 0 aromatic carbocycles. The van der Waals surface area contributed by atoms with Gasteiger partial charge >= 0.3 is 0 Å². The highest BCUT2D eigenvalue weighted by Crippen LogP contribution is 2.17. The lowest BCUT2D eigenvalue weighted by Crippen LogP contribution is -2.54. The quantitative estimate of drug-likeness (QED) is 0.706. The van der Waals surface area contributed by atoms with E-state index in [0.29, 0.717) is 19.8 Å². The lowest BCUT2D eigenvalue weighted by molar-refractivity contribution is -0.136. The van der Waals surface area contributed by atoms with Crippen LogP contribution in [0.4, 0.5) is 0 Å². The fraction of sp³-hybridized carbons (Fsp3) is 0.900. The third-order valence-electron chi connectivity index (χ3n) is 2.86. The van der Waals surface area contributed by atoms with E-state index >= 15 is 0 Å². The van der Waals surface area contributed by atoms with Crippen LogP contribution < -0.4 is 10.6 Å². The molecule has 0 saturated carbocycles. The van der Waals surface area contributed by atoms with E-state index in [-0.39, 0.29) is 30.0 Å². The minimum atomic E-state index is -0.351. The first-order valence-electron chi connectivity index (χ1n) is 5.42. The first-order valence-corrected chi connectivity index (χ1v) is 5.42. The molecule has 2 N–H and O–H groups in total. The number of halogens is 1. The molecule has 0 radical (unpaired) electrons. The van der Waals surface area contributed by atoms with Gasteiger partial charge in [-0.25, -0.2) is 0 Å². The van der Waals surface area contributed by atoms with Crippen molar-refractivity contribution in [3.63, 3.8) is 0 Å². The van der Waals surface area contributed by atoms with Crippen molar-refractivity contribution in [2.75, 3.05) is 32.9 Å². The van der Waals surface area contributed by atoms with Crippen LogP contribution in [0.25, 0.3) is 0 Å². The van der Waals surface area contributed by atoms with Gasteiger partial charge in [-0.1, -0.05) is 0 Å². The molecule has 1 amide bonds. The second kappa shape index (κ2) is 5.82. The van der Waals surface area contributed by atoms with Crippen molar-refractivity contribution in [1.82, 2.24) is 10.6 Å². The highest BCUT2D eigenvalue weighted by atomic mass is 35.5. The molecule has 2 fully saturated rings. The van der Waals surface area contributed by atoms with Crippen molar-refractivity contribution >= 4 is 18.3 Å². The van der Waals surface area contributed by atoms with E-state index in [1.807, 2.05) is 6.92 Å². The Labute approximate surface area is 102 Å². The minimum Gasteiger partial charge on any atom is -0.379 e. The standard InChI is InChI=1S/C10H18N2O3.ClH/c1-10(2-4-14-7-10)12-9(13)8-6-11-3-5-15-8;/h8,11H,2-7H2,1H3,(H,12,13);1H. The molecule has 16 heavy (non-hydrogen) atoms. The van der Waals surface area contributed by atoms with Crippen molar-refractivity contribution in [3.8, 4) is 0 Å². The molecule has 2 atom stereocenters. The Kier molecular flexibility index (Phi) is 4.98. The van der Waals surface area contributed by atoms with Gasteiger partial charge in [0.05, 0.1) is 18.8 Å². The van der Waals surface area contributed by atoms with E-state index < -0.39 is 0 Å². The predicted octanol–water partition coefficient (Wildman–Crippen LogP) is -0.308. The van der Waals surface area contributed by atoms with Crippen molar-refractivity contribution < 1.29 is 14.3 Å². The molecule has 0 bridgehead atoms. The molecule has 0 aromatic rings. The van der Waals surface area contributed by atoms with E-state index in [4.69, 9.17) is 9.47 Å². The van der Waals surface area contributed by atoms with Gasteiger partial charge < -0.3 is 20.1 Å². The molecule has 5 nitrogen and oxygen atoms in total. The van der Waals surface area contributed by atoms with Gasteiger partial charge in [0.2, 0.25) is 0 Å². The number of carbonyl (C=O) groups excluding carboxylic acids is 1. The van der Waals surface area contributed by atoms with Crippen LogP contribution in [-0.4, -0.2) is 50.5 Å². The van der Waals surface area contributed by atoms with Gasteiger partial charge in [-0.3, -0.25) is 4.79 Å². The second-order valence-corrected chi connectivity index (χ2v) is 4.42. The van der Waals surface area contributed by atoms with Crippen LogP contribution in [0.5, 0.6) is 0 Å². The van der Waals surface area contributed by atoms with Crippen LogP contribution in [0.3, 0.4) is 0 Å². The summed E-state index contributed by atoms with van der Waals surface area (Å²) in [5, 5.41) is 6.13. The first-order chi connectivity index (χ1) is 7.20. The van der Waals surface area contributed by atoms with Crippen LogP contribution in [0, 0.1) is 0 Å². The maximum Gasteiger partial charge on any atom is 0.250 e. The molecule has 0 aromatic heterocycles. The summed E-state index contributed by atoms with van der Waals surface area (Å²) in [5.74, 6) is -0.0322. The smallest absolute Gasteiger partial charge is 0.250 e. The third kappa shape index (κ3) is 3.31. The number of hydrogen-bond donors (Lipinski definition) is 2. The Morgan fingerprint density at radius 3 is 2.88 bits per heavy atom. The van der Waals surface area contributed by atoms with Gasteiger partial charge in [-0.2, -0.15) is 0 Å². The zero-order valence-electron chi connectivity index (χ0n) is 9.45. The number of carbonyl (C=O) groups is 1. The van der Waals surface area contributed by atoms with Gasteiger partial charge in [0.1, 0.15) is 6.10 Å². The van der Waals surface area contributed by atoms with Gasteiger partial charge in [-0.05, 0) is 13.3 Å². The highest BCUT2D eigenvalue weighted by Gasteiger charge is 2.34. The topological polar surface area (TPSA) is 59.6 Å². The molecule has 2 rings (SSSR count). The molecule has 0 aliphatic carbocycles. The average molecular weight is 251 g/mol. The fourth-order valence-corrected chi connectivity index (χ4v) is 1.88. The molecule has 2 heterocycles. The van der Waals surface area contributed by atoms with E-state index in [1.165, 1.54) is 0 Å². The molecule has 2 aliphatic rings. The van der Waals surface area contributed by atoms with E-state index in [0.717, 1.165) is 19.6 Å². The molecule has 2 saturated heterocycles. The van der Waals surface area contributed by atoms with Crippen molar-refractivity contribution in [2.45, 2.75) is 25.0 Å². The Morgan fingerprint density at radius 2 is 2.31 bits per heavy atom. The third-order valence-corrected chi connectivity index (χ3v) is 2.86. The van der Waals surface area contributed by atoms with Crippen molar-refractivity contribution in [2.24, 2.45) is 0 Å². The molecule has 2 unspecified atom stereocenters. The number of hydrogen-bond acceptors (Lipinski definition) is 4. The molecule has 94 valence electrons. The zero-order chi connectivity index (χ0) is 10.7. The van der Waals surface area contributed by atoms with Gasteiger partial charge in [-0.15, -0.1) is 12.4 Å². The molecular formula is C10H19ClN2O3. The number of ether oxygens (including phenoxy) is 2. The normalized spacial score (nSPS) is 34.2. The summed E-state index contributed by atoms with van der Waals surface area (Å²) in [6.45, 7) is 5.35. The summed E-state index contributed by atoms with van der Waals surface area (Å²) in [6.07, 6.45) is 0.523. The SMILES string of the molecule is CC1(NC(=O)C2CNCCO2)CCOC1.Cl. The van der Waals surface area contributed by atoms with Crippen LogP contribution in [-0.2, 0) is 14.3 Å². The van der Waals surface area contributed by atoms with E-state index in [1.54, 1.807) is 0 Å². The average Bonchev–Trinajstić information content (AvgIpc) is 2.66. The number of nitrogens with one attached hydrogen (secondary N) is 2. The first kappa shape index (κ1) is 13.7. The van der Waals surface area contributed by atoms with Gasteiger partial charge in [0, 0.05) is 19.7 Å². The number of rotatable bonds is 2. The molecule has 6 heteroatoms. The molecule has 2 aliphatic heterocycles. The van der Waals surface area contributed by atoms with Crippen molar-refractivity contribution in [3.05, 3.63) is 0 Å². The fourth-order valence-electron chi connectivity index (χ4n) is 1.88. The molecule has 0 spiro atoms. The summed E-state index contributed by atoms with van der Waals surface area (Å²) >= 11 is 0. The summed E-state index contributed by atoms with van der Waals surface area (Å²) in [4.78, 5) is 11.8. The summed E-state index contributed by atoms with van der Waals surface area (Å²) in [7, 11) is 0. The summed E-state index contributed by atoms with van der Waals surface area (Å²) in [5.41, 5.74) is -0.210. The van der Waals surface area contributed by atoms with Crippen molar-refractivity contribution in [1.29, 1.82) is 0 Å². The Morgan fingerprint density at radius 1 is 1.50 bits per heavy atom. The lowest BCUT2D eigenvalue weighted by Gasteiger charge is -2.28. The maximum atomic E-state index is 11.8. The monoisotopic (exact) mass is 250 g/mol. The van der Waals surface area contributed by atoms with Crippen LogP contribution in [0.2, 0.25) is 0 Å². The van der Waals surface area contributed by atoms with E-state index in [9.17, 15) is 4.79 Å². The highest BCUT2D eigenvalue weighted by molar-refractivity contribution is 5.85. The number of morpholine rings is 1. The Balaban J connectivity index is 0.00000128. The Bertz CT molecular complexity index is 238. The molecular weight excluding hydrogens is 232 g/mol. The van der Waals surface area contributed by atoms with E-state index in [2.05, 4.69) is 10.6 Å². The second-order valence-electron chi connectivity index (χ2n) is 4.42. The zero-order valence-corrected chi connectivity index (χ0v) is 10.3. The van der Waals surface area contributed by atoms with Crippen LogP contribution >= 0.6 is 12.4 Å².